The van der Waals surface area contributed by atoms with Crippen molar-refractivity contribution in [2.75, 3.05) is 12.3 Å². The minimum atomic E-state index is -0.873. The van der Waals surface area contributed by atoms with Crippen molar-refractivity contribution in [1.29, 1.82) is 0 Å². The van der Waals surface area contributed by atoms with Crippen LogP contribution in [-0.4, -0.2) is 32.7 Å². The van der Waals surface area contributed by atoms with Crippen LogP contribution in [0.1, 0.15) is 6.42 Å². The molecule has 4 heteroatoms. The van der Waals surface area contributed by atoms with E-state index in [4.69, 9.17) is 0 Å². The highest BCUT2D eigenvalue weighted by Crippen LogP contribution is 2.28. The summed E-state index contributed by atoms with van der Waals surface area (Å²) < 4.78 is 11.3. The maximum absolute atomic E-state index is 11.3. The van der Waals surface area contributed by atoms with Gasteiger partial charge >= 0.3 is 0 Å². The summed E-state index contributed by atoms with van der Waals surface area (Å²) >= 11 is 0. The Bertz CT molecular complexity index is 261. The average molecular weight is 171 g/mol. The van der Waals surface area contributed by atoms with Gasteiger partial charge in [-0.1, -0.05) is 6.58 Å². The SMILES string of the molecule is C=C1CN2C(=O)C[C@@H]2[S@@](=O)C1. The highest BCUT2D eigenvalue weighted by molar-refractivity contribution is 7.86. The molecule has 11 heavy (non-hydrogen) atoms. The predicted molar refractivity (Wildman–Crippen MR) is 42.3 cm³/mol. The van der Waals surface area contributed by atoms with Gasteiger partial charge in [0, 0.05) is 23.1 Å². The van der Waals surface area contributed by atoms with Gasteiger partial charge in [-0.15, -0.1) is 0 Å². The lowest BCUT2D eigenvalue weighted by Crippen LogP contribution is -2.58. The lowest BCUT2D eigenvalue weighted by molar-refractivity contribution is -0.141. The van der Waals surface area contributed by atoms with Crippen molar-refractivity contribution in [3.05, 3.63) is 12.2 Å². The van der Waals surface area contributed by atoms with E-state index in [1.807, 2.05) is 0 Å². The van der Waals surface area contributed by atoms with E-state index in [1.165, 1.54) is 0 Å². The van der Waals surface area contributed by atoms with E-state index in [1.54, 1.807) is 4.90 Å². The second-order valence-electron chi connectivity index (χ2n) is 2.96. The monoisotopic (exact) mass is 171 g/mol. The van der Waals surface area contributed by atoms with E-state index in [0.29, 0.717) is 18.7 Å². The van der Waals surface area contributed by atoms with Gasteiger partial charge in [0.15, 0.2) is 0 Å². The van der Waals surface area contributed by atoms with Gasteiger partial charge in [-0.05, 0) is 5.57 Å². The van der Waals surface area contributed by atoms with Gasteiger partial charge in [0.25, 0.3) is 0 Å². The molecule has 0 N–H and O–H groups in total. The molecule has 0 unspecified atom stereocenters. The Morgan fingerprint density at radius 1 is 1.64 bits per heavy atom. The topological polar surface area (TPSA) is 37.4 Å². The van der Waals surface area contributed by atoms with Gasteiger partial charge < -0.3 is 4.90 Å². The Labute approximate surface area is 67.5 Å². The van der Waals surface area contributed by atoms with Crippen LogP contribution in [0.4, 0.5) is 0 Å². The fourth-order valence-corrected chi connectivity index (χ4v) is 2.92. The lowest BCUT2D eigenvalue weighted by Gasteiger charge is -2.43. The molecule has 2 saturated heterocycles. The maximum atomic E-state index is 11.3. The third-order valence-electron chi connectivity index (χ3n) is 2.06. The van der Waals surface area contributed by atoms with Crippen molar-refractivity contribution < 1.29 is 9.00 Å². The summed E-state index contributed by atoms with van der Waals surface area (Å²) in [5.74, 6) is 0.693. The normalized spacial score (nSPS) is 36.5. The van der Waals surface area contributed by atoms with E-state index in [0.717, 1.165) is 5.57 Å². The van der Waals surface area contributed by atoms with Crippen LogP contribution < -0.4 is 0 Å². The molecule has 3 nitrogen and oxygen atoms in total. The van der Waals surface area contributed by atoms with Crippen molar-refractivity contribution in [3.8, 4) is 0 Å². The molecule has 0 aromatic carbocycles. The number of nitrogens with zero attached hydrogens (tertiary/aromatic N) is 1. The molecule has 0 aromatic heterocycles. The van der Waals surface area contributed by atoms with Gasteiger partial charge in [-0.3, -0.25) is 9.00 Å². The second-order valence-corrected chi connectivity index (χ2v) is 4.55. The minimum Gasteiger partial charge on any atom is -0.323 e. The molecule has 2 fully saturated rings. The van der Waals surface area contributed by atoms with Crippen LogP contribution in [0.25, 0.3) is 0 Å². The molecule has 2 rings (SSSR count). The van der Waals surface area contributed by atoms with Crippen LogP contribution in [0.2, 0.25) is 0 Å². The van der Waals surface area contributed by atoms with E-state index < -0.39 is 10.8 Å². The zero-order chi connectivity index (χ0) is 8.01. The molecule has 1 amide bonds. The molecule has 2 heterocycles. The number of fused-ring (bicyclic) bond motifs is 1. The standard InChI is InChI=1S/C7H9NO2S/c1-5-3-8-6(9)2-7(8)11(10)4-5/h7H,1-4H2/t7-,11-/m0/s1. The van der Waals surface area contributed by atoms with Crippen molar-refractivity contribution in [3.63, 3.8) is 0 Å². The zero-order valence-electron chi connectivity index (χ0n) is 6.08. The first-order valence-electron chi connectivity index (χ1n) is 3.52. The number of carbonyl (C=O) groups excluding carboxylic acids is 1. The fourth-order valence-electron chi connectivity index (χ4n) is 1.43. The molecule has 2 aliphatic rings. The van der Waals surface area contributed by atoms with E-state index in [-0.39, 0.29) is 11.3 Å². The first kappa shape index (κ1) is 7.03. The maximum Gasteiger partial charge on any atom is 0.226 e. The molecule has 0 bridgehead atoms. The molecular formula is C7H9NO2S. The van der Waals surface area contributed by atoms with Gasteiger partial charge in [0.05, 0.1) is 6.42 Å². The summed E-state index contributed by atoms with van der Waals surface area (Å²) in [5.41, 5.74) is 0.910. The number of amides is 1. The smallest absolute Gasteiger partial charge is 0.226 e. The summed E-state index contributed by atoms with van der Waals surface area (Å²) in [7, 11) is -0.873. The zero-order valence-corrected chi connectivity index (χ0v) is 6.89. The summed E-state index contributed by atoms with van der Waals surface area (Å²) in [6.07, 6.45) is 0.472. The van der Waals surface area contributed by atoms with E-state index >= 15 is 0 Å². The van der Waals surface area contributed by atoms with Crippen molar-refractivity contribution >= 4 is 16.7 Å². The highest BCUT2D eigenvalue weighted by atomic mass is 32.2. The van der Waals surface area contributed by atoms with E-state index in [2.05, 4.69) is 6.58 Å². The van der Waals surface area contributed by atoms with Crippen LogP contribution >= 0.6 is 0 Å². The average Bonchev–Trinajstić information content (AvgIpc) is 1.93. The number of rotatable bonds is 0. The van der Waals surface area contributed by atoms with Crippen molar-refractivity contribution in [1.82, 2.24) is 4.90 Å². The minimum absolute atomic E-state index is 0.00741. The first-order chi connectivity index (χ1) is 5.18. The quantitative estimate of drug-likeness (QED) is 0.376. The predicted octanol–water partition coefficient (Wildman–Crippen LogP) is -0.137. The summed E-state index contributed by atoms with van der Waals surface area (Å²) in [5, 5.41) is 0.00741. The Morgan fingerprint density at radius 3 is 3.00 bits per heavy atom. The van der Waals surface area contributed by atoms with Gasteiger partial charge in [0.2, 0.25) is 5.91 Å². The fraction of sp³-hybridized carbons (Fsp3) is 0.571. The van der Waals surface area contributed by atoms with Crippen molar-refractivity contribution in [2.24, 2.45) is 0 Å². The Balaban J connectivity index is 2.19. The first-order valence-corrected chi connectivity index (χ1v) is 4.90. The summed E-state index contributed by atoms with van der Waals surface area (Å²) in [4.78, 5) is 12.6. The van der Waals surface area contributed by atoms with Crippen LogP contribution in [0.15, 0.2) is 12.2 Å². The number of β-lactam (4-membered cyclic amide) rings is 1. The molecule has 0 spiro atoms. The molecule has 0 aliphatic carbocycles. The summed E-state index contributed by atoms with van der Waals surface area (Å²) in [6, 6.07) is 0. The molecule has 0 saturated carbocycles. The highest BCUT2D eigenvalue weighted by Gasteiger charge is 2.43. The largest absolute Gasteiger partial charge is 0.323 e. The van der Waals surface area contributed by atoms with Gasteiger partial charge in [0.1, 0.15) is 5.37 Å². The molecule has 2 aliphatic heterocycles. The lowest BCUT2D eigenvalue weighted by atomic mass is 10.1. The number of hydrogen-bond donors (Lipinski definition) is 0. The summed E-state index contributed by atoms with van der Waals surface area (Å²) in [6.45, 7) is 4.35. The van der Waals surface area contributed by atoms with Crippen LogP contribution in [0, 0.1) is 0 Å². The molecule has 2 atom stereocenters. The molecule has 0 aromatic rings. The Hall–Kier alpha value is -0.640. The number of carbonyl (C=O) groups is 1. The number of hydrogen-bond acceptors (Lipinski definition) is 2. The van der Waals surface area contributed by atoms with Crippen LogP contribution in [0.5, 0.6) is 0 Å². The molecule has 60 valence electrons. The van der Waals surface area contributed by atoms with Crippen LogP contribution in [0.3, 0.4) is 0 Å². The third-order valence-corrected chi connectivity index (χ3v) is 3.78. The van der Waals surface area contributed by atoms with Crippen molar-refractivity contribution in [2.45, 2.75) is 11.8 Å². The van der Waals surface area contributed by atoms with Gasteiger partial charge in [-0.2, -0.15) is 0 Å². The van der Waals surface area contributed by atoms with Crippen LogP contribution in [-0.2, 0) is 15.6 Å². The molecular weight excluding hydrogens is 162 g/mol. The molecule has 0 radical (unpaired) electrons. The Kier molecular flexibility index (Phi) is 1.39. The second kappa shape index (κ2) is 2.17. The Morgan fingerprint density at radius 2 is 2.36 bits per heavy atom. The third kappa shape index (κ3) is 0.929. The van der Waals surface area contributed by atoms with Gasteiger partial charge in [-0.25, -0.2) is 0 Å². The van der Waals surface area contributed by atoms with E-state index in [9.17, 15) is 9.00 Å².